The van der Waals surface area contributed by atoms with Crippen molar-refractivity contribution >= 4 is 16.7 Å². The van der Waals surface area contributed by atoms with Crippen molar-refractivity contribution in [1.82, 2.24) is 15.3 Å². The average Bonchev–Trinajstić information content (AvgIpc) is 3.51. The van der Waals surface area contributed by atoms with Gasteiger partial charge in [-0.1, -0.05) is 30.3 Å². The highest BCUT2D eigenvalue weighted by Crippen LogP contribution is 2.38. The van der Waals surface area contributed by atoms with Gasteiger partial charge in [0.05, 0.1) is 11.6 Å². The van der Waals surface area contributed by atoms with Crippen LogP contribution in [0.15, 0.2) is 47.3 Å². The van der Waals surface area contributed by atoms with Gasteiger partial charge >= 0.3 is 6.18 Å². The summed E-state index contributed by atoms with van der Waals surface area (Å²) in [6, 6.07) is 9.15. The van der Waals surface area contributed by atoms with Crippen LogP contribution in [0.5, 0.6) is 0 Å². The molecule has 1 saturated carbocycles. The van der Waals surface area contributed by atoms with E-state index in [9.17, 15) is 22.8 Å². The van der Waals surface area contributed by atoms with E-state index in [1.54, 1.807) is 25.1 Å². The third-order valence-corrected chi connectivity index (χ3v) is 5.03. The number of carbonyl (C=O) groups excluding carboxylic acids is 1. The standard InChI is InChI=1S/C21H18F3N3O2/c1-11(25-20(29)17-10-18(28)27-19(26-17)12-6-7-12)13-8-9-16(21(22,23)24)15-5-3-2-4-14(13)15/h2-5,8-12H,6-7H2,1H3,(H,25,29)(H,26,27,28). The number of halogens is 3. The number of hydrogen-bond donors (Lipinski definition) is 2. The molecule has 2 aromatic carbocycles. The van der Waals surface area contributed by atoms with Gasteiger partial charge in [-0.05, 0) is 42.2 Å². The molecule has 3 aromatic rings. The Bertz CT molecular complexity index is 1150. The molecule has 0 spiro atoms. The summed E-state index contributed by atoms with van der Waals surface area (Å²) in [6.07, 6.45) is -2.64. The fourth-order valence-corrected chi connectivity index (χ4v) is 3.44. The van der Waals surface area contributed by atoms with E-state index in [1.807, 2.05) is 0 Å². The highest BCUT2D eigenvalue weighted by Gasteiger charge is 2.33. The molecular formula is C21H18F3N3O2. The molecule has 1 atom stereocenters. The highest BCUT2D eigenvalue weighted by atomic mass is 19.4. The second-order valence-electron chi connectivity index (χ2n) is 7.23. The van der Waals surface area contributed by atoms with Crippen molar-refractivity contribution < 1.29 is 18.0 Å². The van der Waals surface area contributed by atoms with Gasteiger partial charge in [-0.25, -0.2) is 4.98 Å². The molecule has 1 aliphatic rings. The summed E-state index contributed by atoms with van der Waals surface area (Å²) in [7, 11) is 0. The van der Waals surface area contributed by atoms with Crippen LogP contribution in [-0.4, -0.2) is 15.9 Å². The summed E-state index contributed by atoms with van der Waals surface area (Å²) in [5.74, 6) is 0.122. The molecule has 8 heteroatoms. The molecule has 0 saturated heterocycles. The third kappa shape index (κ3) is 3.87. The Morgan fingerprint density at radius 1 is 1.17 bits per heavy atom. The minimum absolute atomic E-state index is 0.00119. The Morgan fingerprint density at radius 2 is 1.86 bits per heavy atom. The molecule has 2 N–H and O–H groups in total. The van der Waals surface area contributed by atoms with Crippen molar-refractivity contribution in [1.29, 1.82) is 0 Å². The number of amides is 1. The van der Waals surface area contributed by atoms with E-state index >= 15 is 0 Å². The lowest BCUT2D eigenvalue weighted by Crippen LogP contribution is -2.29. The van der Waals surface area contributed by atoms with Crippen LogP contribution < -0.4 is 10.9 Å². The lowest BCUT2D eigenvalue weighted by atomic mass is 9.95. The third-order valence-electron chi connectivity index (χ3n) is 5.03. The maximum atomic E-state index is 13.3. The maximum Gasteiger partial charge on any atom is 0.417 e. The number of rotatable bonds is 4. The SMILES string of the molecule is CC(NC(=O)c1cc(=O)[nH]c(C2CC2)n1)c1ccc(C(F)(F)F)c2ccccc12. The van der Waals surface area contributed by atoms with E-state index in [0.717, 1.165) is 25.0 Å². The van der Waals surface area contributed by atoms with Gasteiger partial charge < -0.3 is 10.3 Å². The first-order valence-corrected chi connectivity index (χ1v) is 9.25. The largest absolute Gasteiger partial charge is 0.417 e. The van der Waals surface area contributed by atoms with E-state index in [-0.39, 0.29) is 17.0 Å². The lowest BCUT2D eigenvalue weighted by Gasteiger charge is -2.19. The number of aromatic nitrogens is 2. The number of hydrogen-bond acceptors (Lipinski definition) is 3. The first-order chi connectivity index (χ1) is 13.7. The number of nitrogens with one attached hydrogen (secondary N) is 2. The zero-order valence-corrected chi connectivity index (χ0v) is 15.5. The van der Waals surface area contributed by atoms with Crippen molar-refractivity contribution in [2.75, 3.05) is 0 Å². The van der Waals surface area contributed by atoms with Gasteiger partial charge in [0.2, 0.25) is 0 Å². The second-order valence-corrected chi connectivity index (χ2v) is 7.23. The van der Waals surface area contributed by atoms with Crippen LogP contribution in [0, 0.1) is 0 Å². The Hall–Kier alpha value is -3.16. The normalized spacial score (nSPS) is 15.3. The van der Waals surface area contributed by atoms with Crippen LogP contribution >= 0.6 is 0 Å². The molecule has 1 unspecified atom stereocenters. The summed E-state index contributed by atoms with van der Waals surface area (Å²) in [4.78, 5) is 31.3. The fraction of sp³-hybridized carbons (Fsp3) is 0.286. The summed E-state index contributed by atoms with van der Waals surface area (Å²) in [6.45, 7) is 1.68. The molecule has 0 radical (unpaired) electrons. The van der Waals surface area contributed by atoms with Crippen molar-refractivity contribution in [3.63, 3.8) is 0 Å². The smallest absolute Gasteiger partial charge is 0.344 e. The van der Waals surface area contributed by atoms with E-state index in [2.05, 4.69) is 15.3 Å². The summed E-state index contributed by atoms with van der Waals surface area (Å²) in [5.41, 5.74) is -0.576. The second kappa shape index (κ2) is 7.02. The molecule has 150 valence electrons. The predicted octanol–water partition coefficient (Wildman–Crippen LogP) is 4.31. The van der Waals surface area contributed by atoms with Gasteiger partial charge in [-0.15, -0.1) is 0 Å². The molecule has 1 aliphatic carbocycles. The van der Waals surface area contributed by atoms with Crippen molar-refractivity contribution in [2.45, 2.75) is 37.9 Å². The van der Waals surface area contributed by atoms with Gasteiger partial charge in [-0.3, -0.25) is 9.59 Å². The quantitative estimate of drug-likeness (QED) is 0.684. The van der Waals surface area contributed by atoms with Crippen LogP contribution in [0.2, 0.25) is 0 Å². The van der Waals surface area contributed by atoms with Gasteiger partial charge in [0.15, 0.2) is 0 Å². The van der Waals surface area contributed by atoms with Crippen LogP contribution in [-0.2, 0) is 6.18 Å². The Balaban J connectivity index is 1.65. The molecule has 4 rings (SSSR count). The molecule has 29 heavy (non-hydrogen) atoms. The van der Waals surface area contributed by atoms with Crippen LogP contribution in [0.4, 0.5) is 13.2 Å². The van der Waals surface area contributed by atoms with E-state index in [4.69, 9.17) is 0 Å². The number of carbonyl (C=O) groups is 1. The molecular weight excluding hydrogens is 383 g/mol. The van der Waals surface area contributed by atoms with E-state index in [1.165, 1.54) is 12.1 Å². The first kappa shape index (κ1) is 19.2. The van der Waals surface area contributed by atoms with Gasteiger partial charge in [0.25, 0.3) is 11.5 Å². The highest BCUT2D eigenvalue weighted by molar-refractivity contribution is 5.94. The summed E-state index contributed by atoms with van der Waals surface area (Å²) >= 11 is 0. The number of aromatic amines is 1. The number of alkyl halides is 3. The lowest BCUT2D eigenvalue weighted by molar-refractivity contribution is -0.136. The van der Waals surface area contributed by atoms with Crippen LogP contribution in [0.25, 0.3) is 10.8 Å². The summed E-state index contributed by atoms with van der Waals surface area (Å²) < 4.78 is 40.0. The number of nitrogens with zero attached hydrogens (tertiary/aromatic N) is 1. The molecule has 5 nitrogen and oxygen atoms in total. The van der Waals surface area contributed by atoms with Crippen molar-refractivity contribution in [2.24, 2.45) is 0 Å². The zero-order chi connectivity index (χ0) is 20.8. The Labute approximate surface area is 164 Å². The van der Waals surface area contributed by atoms with Gasteiger partial charge in [0, 0.05) is 12.0 Å². The number of fused-ring (bicyclic) bond motifs is 1. The average molecular weight is 401 g/mol. The van der Waals surface area contributed by atoms with E-state index < -0.39 is 29.2 Å². The minimum atomic E-state index is -4.47. The fourth-order valence-electron chi connectivity index (χ4n) is 3.44. The topological polar surface area (TPSA) is 74.8 Å². The van der Waals surface area contributed by atoms with Gasteiger partial charge in [0.1, 0.15) is 11.5 Å². The Kier molecular flexibility index (Phi) is 4.64. The monoisotopic (exact) mass is 401 g/mol. The molecule has 0 bridgehead atoms. The van der Waals surface area contributed by atoms with Crippen LogP contribution in [0.1, 0.15) is 59.2 Å². The van der Waals surface area contributed by atoms with Crippen molar-refractivity contribution in [3.8, 4) is 0 Å². The number of H-pyrrole nitrogens is 1. The Morgan fingerprint density at radius 3 is 2.52 bits per heavy atom. The van der Waals surface area contributed by atoms with Gasteiger partial charge in [-0.2, -0.15) is 13.2 Å². The molecule has 1 aromatic heterocycles. The summed E-state index contributed by atoms with van der Waals surface area (Å²) in [5, 5.41) is 3.22. The van der Waals surface area contributed by atoms with Crippen molar-refractivity contribution in [3.05, 3.63) is 75.5 Å². The predicted molar refractivity (Wildman–Crippen MR) is 102 cm³/mol. The molecule has 1 amide bonds. The molecule has 1 fully saturated rings. The zero-order valence-electron chi connectivity index (χ0n) is 15.5. The van der Waals surface area contributed by atoms with Crippen LogP contribution in [0.3, 0.4) is 0 Å². The first-order valence-electron chi connectivity index (χ1n) is 9.25. The molecule has 0 aliphatic heterocycles. The number of benzene rings is 2. The maximum absolute atomic E-state index is 13.3. The molecule has 1 heterocycles. The minimum Gasteiger partial charge on any atom is -0.344 e. The van der Waals surface area contributed by atoms with E-state index in [0.29, 0.717) is 16.8 Å².